The third-order valence-corrected chi connectivity index (χ3v) is 3.05. The number of carbonyl (C=O) groups is 1. The minimum atomic E-state index is -0.779. The highest BCUT2D eigenvalue weighted by Crippen LogP contribution is 2.03. The van der Waals surface area contributed by atoms with Gasteiger partial charge in [-0.2, -0.15) is 4.68 Å². The Kier molecular flexibility index (Phi) is 4.56. The molecule has 0 saturated heterocycles. The summed E-state index contributed by atoms with van der Waals surface area (Å²) in [5.41, 5.74) is -0.391. The summed E-state index contributed by atoms with van der Waals surface area (Å²) in [6, 6.07) is 0. The SMILES string of the molecule is CCOC(=O)c1cnc(-n2[nH]c(C)c(CCO)c2=O)[nH]c1=O. The van der Waals surface area contributed by atoms with Crippen molar-refractivity contribution in [3.63, 3.8) is 0 Å². The molecule has 0 amide bonds. The van der Waals surface area contributed by atoms with E-state index in [0.717, 1.165) is 10.9 Å². The van der Waals surface area contributed by atoms with Crippen molar-refractivity contribution in [3.05, 3.63) is 43.7 Å². The number of aromatic amines is 2. The molecule has 0 atom stereocenters. The number of esters is 1. The largest absolute Gasteiger partial charge is 0.462 e. The van der Waals surface area contributed by atoms with Gasteiger partial charge in [0.15, 0.2) is 0 Å². The molecule has 9 nitrogen and oxygen atoms in total. The number of rotatable bonds is 5. The van der Waals surface area contributed by atoms with E-state index in [-0.39, 0.29) is 31.1 Å². The van der Waals surface area contributed by atoms with Crippen LogP contribution in [0, 0.1) is 6.92 Å². The molecule has 2 heterocycles. The van der Waals surface area contributed by atoms with Crippen LogP contribution in [0.1, 0.15) is 28.5 Å². The third-order valence-electron chi connectivity index (χ3n) is 3.05. The van der Waals surface area contributed by atoms with Gasteiger partial charge in [0.2, 0.25) is 5.95 Å². The van der Waals surface area contributed by atoms with Crippen LogP contribution in [0.15, 0.2) is 15.8 Å². The lowest BCUT2D eigenvalue weighted by Gasteiger charge is -2.03. The second kappa shape index (κ2) is 6.39. The number of aliphatic hydroxyl groups excluding tert-OH is 1. The Morgan fingerprint density at radius 3 is 2.77 bits per heavy atom. The van der Waals surface area contributed by atoms with Gasteiger partial charge in [-0.25, -0.2) is 9.78 Å². The summed E-state index contributed by atoms with van der Waals surface area (Å²) in [4.78, 5) is 41.9. The van der Waals surface area contributed by atoms with Crippen LogP contribution in [0.5, 0.6) is 0 Å². The lowest BCUT2D eigenvalue weighted by Crippen LogP contribution is -2.26. The molecule has 0 aromatic carbocycles. The summed E-state index contributed by atoms with van der Waals surface area (Å²) in [5, 5.41) is 11.7. The van der Waals surface area contributed by atoms with Crippen LogP contribution in [-0.2, 0) is 11.2 Å². The van der Waals surface area contributed by atoms with Crippen molar-refractivity contribution < 1.29 is 14.6 Å². The predicted octanol–water partition coefficient (Wildman–Crippen LogP) is -0.731. The number of nitrogens with one attached hydrogen (secondary N) is 2. The van der Waals surface area contributed by atoms with E-state index in [2.05, 4.69) is 15.1 Å². The number of ether oxygens (including phenoxy) is 1. The quantitative estimate of drug-likeness (QED) is 0.624. The Hall–Kier alpha value is -2.68. The van der Waals surface area contributed by atoms with Crippen LogP contribution in [0.2, 0.25) is 0 Å². The zero-order valence-electron chi connectivity index (χ0n) is 12.2. The first-order chi connectivity index (χ1) is 10.5. The van der Waals surface area contributed by atoms with Crippen LogP contribution < -0.4 is 11.1 Å². The Labute approximate surface area is 124 Å². The van der Waals surface area contributed by atoms with Gasteiger partial charge in [0.1, 0.15) is 5.56 Å². The zero-order chi connectivity index (χ0) is 16.3. The summed E-state index contributed by atoms with van der Waals surface area (Å²) >= 11 is 0. The Morgan fingerprint density at radius 2 is 2.18 bits per heavy atom. The van der Waals surface area contributed by atoms with Gasteiger partial charge in [0.25, 0.3) is 11.1 Å². The number of aromatic nitrogens is 4. The molecule has 0 aliphatic heterocycles. The monoisotopic (exact) mass is 308 g/mol. The summed E-state index contributed by atoms with van der Waals surface area (Å²) in [6.07, 6.45) is 1.25. The van der Waals surface area contributed by atoms with E-state index < -0.39 is 17.1 Å². The smallest absolute Gasteiger partial charge is 0.345 e. The maximum Gasteiger partial charge on any atom is 0.345 e. The van der Waals surface area contributed by atoms with Crippen molar-refractivity contribution in [2.45, 2.75) is 20.3 Å². The van der Waals surface area contributed by atoms with Crippen LogP contribution in [-0.4, -0.2) is 44.0 Å². The summed E-state index contributed by atoms with van der Waals surface area (Å²) in [7, 11) is 0. The van der Waals surface area contributed by atoms with Crippen molar-refractivity contribution in [2.24, 2.45) is 0 Å². The second-order valence-electron chi connectivity index (χ2n) is 4.50. The minimum Gasteiger partial charge on any atom is -0.462 e. The molecule has 2 aromatic heterocycles. The fraction of sp³-hybridized carbons (Fsp3) is 0.385. The van der Waals surface area contributed by atoms with Gasteiger partial charge in [0, 0.05) is 24.3 Å². The molecule has 2 aromatic rings. The summed E-state index contributed by atoms with van der Waals surface area (Å²) < 4.78 is 5.78. The number of hydrogen-bond acceptors (Lipinski definition) is 6. The van der Waals surface area contributed by atoms with Gasteiger partial charge < -0.3 is 9.84 Å². The highest BCUT2D eigenvalue weighted by atomic mass is 16.5. The molecule has 0 saturated carbocycles. The topological polar surface area (TPSA) is 130 Å². The molecule has 2 rings (SSSR count). The van der Waals surface area contributed by atoms with E-state index in [4.69, 9.17) is 9.84 Å². The van der Waals surface area contributed by atoms with Crippen molar-refractivity contribution in [3.8, 4) is 5.95 Å². The van der Waals surface area contributed by atoms with Gasteiger partial charge in [-0.1, -0.05) is 0 Å². The third kappa shape index (κ3) is 2.84. The van der Waals surface area contributed by atoms with Crippen LogP contribution in [0.3, 0.4) is 0 Å². The number of aliphatic hydroxyl groups is 1. The highest BCUT2D eigenvalue weighted by molar-refractivity contribution is 5.88. The highest BCUT2D eigenvalue weighted by Gasteiger charge is 2.16. The van der Waals surface area contributed by atoms with E-state index in [1.807, 2.05) is 0 Å². The first-order valence-corrected chi connectivity index (χ1v) is 6.67. The van der Waals surface area contributed by atoms with Crippen molar-refractivity contribution in [1.82, 2.24) is 19.7 Å². The van der Waals surface area contributed by atoms with Crippen molar-refractivity contribution in [2.75, 3.05) is 13.2 Å². The molecule has 0 unspecified atom stereocenters. The standard InChI is InChI=1S/C13H16N4O5/c1-3-22-12(21)9-6-14-13(15-10(9)19)17-11(20)8(4-5-18)7(2)16-17/h6,16,18H,3-5H2,1-2H3,(H,14,15,19). The Morgan fingerprint density at radius 1 is 1.45 bits per heavy atom. The fourth-order valence-electron chi connectivity index (χ4n) is 1.99. The normalized spacial score (nSPS) is 10.7. The first kappa shape index (κ1) is 15.7. The van der Waals surface area contributed by atoms with E-state index >= 15 is 0 Å². The number of nitrogens with zero attached hydrogens (tertiary/aromatic N) is 2. The molecule has 118 valence electrons. The molecular weight excluding hydrogens is 292 g/mol. The molecular formula is C13H16N4O5. The Balaban J connectivity index is 2.45. The van der Waals surface area contributed by atoms with E-state index in [0.29, 0.717) is 11.3 Å². The molecule has 3 N–H and O–H groups in total. The van der Waals surface area contributed by atoms with Crippen LogP contribution >= 0.6 is 0 Å². The van der Waals surface area contributed by atoms with Gasteiger partial charge in [-0.05, 0) is 13.8 Å². The summed E-state index contributed by atoms with van der Waals surface area (Å²) in [5.74, 6) is -0.825. The summed E-state index contributed by atoms with van der Waals surface area (Å²) in [6.45, 7) is 3.27. The lowest BCUT2D eigenvalue weighted by molar-refractivity contribution is 0.0523. The second-order valence-corrected chi connectivity index (χ2v) is 4.50. The number of hydrogen-bond donors (Lipinski definition) is 3. The zero-order valence-corrected chi connectivity index (χ0v) is 12.2. The molecule has 0 fully saturated rings. The number of aryl methyl sites for hydroxylation is 1. The maximum atomic E-state index is 12.2. The number of carbonyl (C=O) groups excluding carboxylic acids is 1. The first-order valence-electron chi connectivity index (χ1n) is 6.67. The molecule has 0 aliphatic rings. The van der Waals surface area contributed by atoms with Crippen molar-refractivity contribution >= 4 is 5.97 Å². The van der Waals surface area contributed by atoms with E-state index in [1.165, 1.54) is 0 Å². The Bertz CT molecular complexity index is 801. The van der Waals surface area contributed by atoms with Crippen molar-refractivity contribution in [1.29, 1.82) is 0 Å². The minimum absolute atomic E-state index is 0.0460. The molecule has 0 spiro atoms. The van der Waals surface area contributed by atoms with Gasteiger partial charge in [-0.3, -0.25) is 19.7 Å². The molecule has 22 heavy (non-hydrogen) atoms. The molecule has 0 radical (unpaired) electrons. The fourth-order valence-corrected chi connectivity index (χ4v) is 1.99. The average Bonchev–Trinajstić information content (AvgIpc) is 2.76. The molecule has 9 heteroatoms. The molecule has 0 bridgehead atoms. The van der Waals surface area contributed by atoms with E-state index in [9.17, 15) is 14.4 Å². The van der Waals surface area contributed by atoms with E-state index in [1.54, 1.807) is 13.8 Å². The van der Waals surface area contributed by atoms with Crippen LogP contribution in [0.25, 0.3) is 5.95 Å². The molecule has 0 aliphatic carbocycles. The predicted molar refractivity (Wildman–Crippen MR) is 76.3 cm³/mol. The number of H-pyrrole nitrogens is 2. The maximum absolute atomic E-state index is 12.2. The lowest BCUT2D eigenvalue weighted by atomic mass is 10.2. The van der Waals surface area contributed by atoms with Crippen LogP contribution in [0.4, 0.5) is 0 Å². The average molecular weight is 308 g/mol. The van der Waals surface area contributed by atoms with Gasteiger partial charge in [0.05, 0.1) is 12.8 Å². The van der Waals surface area contributed by atoms with Gasteiger partial charge >= 0.3 is 5.97 Å². The van der Waals surface area contributed by atoms with Gasteiger partial charge in [-0.15, -0.1) is 0 Å².